The molecule has 0 amide bonds. The van der Waals surface area contributed by atoms with Crippen molar-refractivity contribution in [3.8, 4) is 0 Å². The molecule has 0 bridgehead atoms. The van der Waals surface area contributed by atoms with E-state index in [4.69, 9.17) is 16.3 Å². The highest BCUT2D eigenvalue weighted by Gasteiger charge is 2.43. The van der Waals surface area contributed by atoms with Crippen molar-refractivity contribution < 1.29 is 9.53 Å². The molecule has 0 aromatic heterocycles. The Kier molecular flexibility index (Phi) is 4.71. The van der Waals surface area contributed by atoms with Crippen LogP contribution in [0, 0.1) is 5.92 Å². The Morgan fingerprint density at radius 3 is 2.57 bits per heavy atom. The van der Waals surface area contributed by atoms with Gasteiger partial charge in [-0.2, -0.15) is 0 Å². The van der Waals surface area contributed by atoms with Gasteiger partial charge in [-0.1, -0.05) is 46.8 Å². The normalized spacial score (nSPS) is 22.8. The zero-order chi connectivity index (χ0) is 10.6. The van der Waals surface area contributed by atoms with Crippen LogP contribution in [0.5, 0.6) is 0 Å². The molecule has 4 heteroatoms. The van der Waals surface area contributed by atoms with Crippen LogP contribution in [-0.4, -0.2) is 16.4 Å². The zero-order valence-corrected chi connectivity index (χ0v) is 10.7. The predicted molar refractivity (Wildman–Crippen MR) is 60.7 cm³/mol. The van der Waals surface area contributed by atoms with Crippen LogP contribution in [0.3, 0.4) is 0 Å². The maximum atomic E-state index is 11.6. The number of rotatable bonds is 3. The Balaban J connectivity index is 2.57. The van der Waals surface area contributed by atoms with Gasteiger partial charge in [0.1, 0.15) is 0 Å². The fraction of sp³-hybridized carbons (Fsp3) is 0.900. The molecule has 1 aliphatic carbocycles. The number of hydrogen-bond donors (Lipinski definition) is 0. The first kappa shape index (κ1) is 12.3. The molecule has 2 nitrogen and oxygen atoms in total. The molecule has 1 saturated carbocycles. The van der Waals surface area contributed by atoms with E-state index in [0.29, 0.717) is 6.61 Å². The van der Waals surface area contributed by atoms with Crippen LogP contribution in [0.2, 0.25) is 0 Å². The number of ether oxygens (including phenoxy) is 1. The molecule has 14 heavy (non-hydrogen) atoms. The van der Waals surface area contributed by atoms with Crippen molar-refractivity contribution in [3.63, 3.8) is 0 Å². The van der Waals surface area contributed by atoms with Gasteiger partial charge < -0.3 is 4.74 Å². The quantitative estimate of drug-likeness (QED) is 0.586. The number of carbonyl (C=O) groups excluding carboxylic acids is 1. The van der Waals surface area contributed by atoms with Gasteiger partial charge in [0.15, 0.2) is 3.78 Å². The van der Waals surface area contributed by atoms with Crippen molar-refractivity contribution in [2.24, 2.45) is 5.92 Å². The summed E-state index contributed by atoms with van der Waals surface area (Å²) in [6.07, 6.45) is 5.58. The van der Waals surface area contributed by atoms with E-state index in [1.54, 1.807) is 6.92 Å². The van der Waals surface area contributed by atoms with Crippen LogP contribution in [-0.2, 0) is 9.53 Å². The third-order valence-electron chi connectivity index (χ3n) is 2.67. The van der Waals surface area contributed by atoms with Gasteiger partial charge in [-0.15, -0.1) is 0 Å². The summed E-state index contributed by atoms with van der Waals surface area (Å²) in [7, 11) is 0. The van der Waals surface area contributed by atoms with Gasteiger partial charge in [-0.3, -0.25) is 0 Å². The summed E-state index contributed by atoms with van der Waals surface area (Å²) in [5.74, 6) is -0.134. The van der Waals surface area contributed by atoms with E-state index in [-0.39, 0.29) is 11.9 Å². The number of carbonyl (C=O) groups is 1. The SMILES string of the molecule is CCOC(=O)C(Cl)(Br)C1CCCCC1. The average molecular weight is 284 g/mol. The second-order valence-electron chi connectivity index (χ2n) is 3.68. The molecule has 0 heterocycles. The fourth-order valence-electron chi connectivity index (χ4n) is 1.86. The highest BCUT2D eigenvalue weighted by Crippen LogP contribution is 2.42. The van der Waals surface area contributed by atoms with Crippen molar-refractivity contribution in [1.82, 2.24) is 0 Å². The lowest BCUT2D eigenvalue weighted by Crippen LogP contribution is -2.37. The van der Waals surface area contributed by atoms with Crippen LogP contribution < -0.4 is 0 Å². The highest BCUT2D eigenvalue weighted by molar-refractivity contribution is 9.10. The monoisotopic (exact) mass is 282 g/mol. The van der Waals surface area contributed by atoms with Crippen molar-refractivity contribution >= 4 is 33.5 Å². The van der Waals surface area contributed by atoms with E-state index >= 15 is 0 Å². The van der Waals surface area contributed by atoms with Crippen LogP contribution in [0.25, 0.3) is 0 Å². The largest absolute Gasteiger partial charge is 0.464 e. The Labute approximate surface area is 98.5 Å². The summed E-state index contributed by atoms with van der Waals surface area (Å²) in [6.45, 7) is 2.17. The van der Waals surface area contributed by atoms with Crippen LogP contribution in [0.15, 0.2) is 0 Å². The molecule has 1 unspecified atom stereocenters. The first-order valence-corrected chi connectivity index (χ1v) is 6.31. The smallest absolute Gasteiger partial charge is 0.338 e. The standard InChI is InChI=1S/C10H16BrClO2/c1-2-14-9(13)10(11,12)8-6-4-3-5-7-8/h8H,2-7H2,1H3. The third kappa shape index (κ3) is 2.86. The van der Waals surface area contributed by atoms with Gasteiger partial charge in [-0.25, -0.2) is 4.79 Å². The molecular formula is C10H16BrClO2. The van der Waals surface area contributed by atoms with Gasteiger partial charge in [0.2, 0.25) is 0 Å². The highest BCUT2D eigenvalue weighted by atomic mass is 79.9. The Hall–Kier alpha value is 0.240. The molecule has 82 valence electrons. The summed E-state index contributed by atoms with van der Waals surface area (Å²) in [4.78, 5) is 11.6. The summed E-state index contributed by atoms with van der Waals surface area (Å²) >= 11 is 9.49. The van der Waals surface area contributed by atoms with E-state index in [0.717, 1.165) is 25.7 Å². The molecule has 0 aliphatic heterocycles. The third-order valence-corrected chi connectivity index (χ3v) is 4.10. The maximum absolute atomic E-state index is 11.6. The van der Waals surface area contributed by atoms with Crippen molar-refractivity contribution in [2.45, 2.75) is 42.8 Å². The van der Waals surface area contributed by atoms with Crippen LogP contribution in [0.4, 0.5) is 0 Å². The Morgan fingerprint density at radius 1 is 1.50 bits per heavy atom. The number of hydrogen-bond acceptors (Lipinski definition) is 2. The molecule has 1 fully saturated rings. The first-order chi connectivity index (χ1) is 6.59. The topological polar surface area (TPSA) is 26.3 Å². The summed E-state index contributed by atoms with van der Waals surface area (Å²) < 4.78 is 3.95. The Morgan fingerprint density at radius 2 is 2.07 bits per heavy atom. The predicted octanol–water partition coefficient (Wildman–Crippen LogP) is 3.46. The molecule has 0 N–H and O–H groups in total. The molecule has 0 radical (unpaired) electrons. The van der Waals surface area contributed by atoms with Gasteiger partial charge in [-0.05, 0) is 25.7 Å². The van der Waals surface area contributed by atoms with Gasteiger partial charge >= 0.3 is 5.97 Å². The lowest BCUT2D eigenvalue weighted by atomic mass is 9.86. The molecule has 1 atom stereocenters. The first-order valence-electron chi connectivity index (χ1n) is 5.14. The maximum Gasteiger partial charge on any atom is 0.338 e. The van der Waals surface area contributed by atoms with Gasteiger partial charge in [0.25, 0.3) is 0 Å². The Bertz CT molecular complexity index is 200. The molecule has 1 aliphatic rings. The summed E-state index contributed by atoms with van der Waals surface area (Å²) in [6, 6.07) is 0. The average Bonchev–Trinajstić information content (AvgIpc) is 2.19. The molecule has 0 aromatic rings. The molecule has 1 rings (SSSR count). The van der Waals surface area contributed by atoms with E-state index in [2.05, 4.69) is 15.9 Å². The van der Waals surface area contributed by atoms with E-state index < -0.39 is 3.78 Å². The number of halogens is 2. The van der Waals surface area contributed by atoms with Gasteiger partial charge in [0.05, 0.1) is 6.61 Å². The minimum atomic E-state index is -0.997. The van der Waals surface area contributed by atoms with Crippen molar-refractivity contribution in [2.75, 3.05) is 6.61 Å². The summed E-state index contributed by atoms with van der Waals surface area (Å²) in [5.41, 5.74) is 0. The van der Waals surface area contributed by atoms with Crippen LogP contribution in [0.1, 0.15) is 39.0 Å². The molecule has 0 saturated heterocycles. The van der Waals surface area contributed by atoms with Crippen LogP contribution >= 0.6 is 27.5 Å². The lowest BCUT2D eigenvalue weighted by Gasteiger charge is -2.31. The van der Waals surface area contributed by atoms with Gasteiger partial charge in [0, 0.05) is 0 Å². The summed E-state index contributed by atoms with van der Waals surface area (Å²) in [5, 5.41) is 0. The lowest BCUT2D eigenvalue weighted by molar-refractivity contribution is -0.144. The fourth-order valence-corrected chi connectivity index (χ4v) is 2.70. The second-order valence-corrected chi connectivity index (χ2v) is 5.98. The zero-order valence-electron chi connectivity index (χ0n) is 8.39. The number of esters is 1. The van der Waals surface area contributed by atoms with E-state index in [1.165, 1.54) is 6.42 Å². The second kappa shape index (κ2) is 5.36. The van der Waals surface area contributed by atoms with E-state index in [1.807, 2.05) is 0 Å². The molecular weight excluding hydrogens is 267 g/mol. The number of alkyl halides is 2. The van der Waals surface area contributed by atoms with E-state index in [9.17, 15) is 4.79 Å². The minimum Gasteiger partial charge on any atom is -0.464 e. The molecule has 0 spiro atoms. The molecule has 0 aromatic carbocycles. The van der Waals surface area contributed by atoms with Crippen molar-refractivity contribution in [1.29, 1.82) is 0 Å². The van der Waals surface area contributed by atoms with Crippen molar-refractivity contribution in [3.05, 3.63) is 0 Å². The minimum absolute atomic E-state index is 0.206.